The largest absolute Gasteiger partial charge is 0.433 e. The number of pyridine rings is 3. The average Bonchev–Trinajstić information content (AvgIpc) is 3.53. The first-order valence-corrected chi connectivity index (χ1v) is 27.6. The third-order valence-electron chi connectivity index (χ3n) is 13.6. The van der Waals surface area contributed by atoms with Gasteiger partial charge in [0.05, 0.1) is 59.4 Å². The first-order chi connectivity index (χ1) is 41.8. The number of alkyl halides is 9. The number of hydrogen-bond donors (Lipinski definition) is 6. The molecule has 0 aliphatic rings. The van der Waals surface area contributed by atoms with Crippen molar-refractivity contribution in [2.24, 2.45) is 0 Å². The van der Waals surface area contributed by atoms with Gasteiger partial charge in [-0.2, -0.15) is 39.5 Å². The number of aromatic nitrogens is 9. The molecule has 1 amide bonds. The van der Waals surface area contributed by atoms with Crippen LogP contribution in [-0.4, -0.2) is 50.8 Å². The molecule has 0 atom stereocenters. The Morgan fingerprint density at radius 2 is 0.739 bits per heavy atom. The van der Waals surface area contributed by atoms with Crippen molar-refractivity contribution in [3.63, 3.8) is 0 Å². The van der Waals surface area contributed by atoms with Gasteiger partial charge in [-0.1, -0.05) is 83.3 Å². The number of carbonyl (C=O) groups is 1. The van der Waals surface area contributed by atoms with E-state index < -0.39 is 41.5 Å². The molecule has 25 heteroatoms. The van der Waals surface area contributed by atoms with E-state index in [1.165, 1.54) is 19.1 Å². The second kappa shape index (κ2) is 25.4. The number of halogens is 12. The van der Waals surface area contributed by atoms with E-state index in [1.807, 2.05) is 84.9 Å². The zero-order valence-corrected chi connectivity index (χ0v) is 48.4. The number of para-hydroxylation sites is 6. The van der Waals surface area contributed by atoms with Crippen molar-refractivity contribution in [1.29, 1.82) is 0 Å². The molecule has 88 heavy (non-hydrogen) atoms. The average molecular weight is 1260 g/mol. The Hall–Kier alpha value is -9.51. The molecular weight excluding hydrogens is 1220 g/mol. The number of carbonyl (C=O) groups excluding carboxylic acids is 1. The van der Waals surface area contributed by atoms with E-state index in [-0.39, 0.29) is 11.3 Å². The third kappa shape index (κ3) is 14.5. The highest BCUT2D eigenvalue weighted by Crippen LogP contribution is 2.36. The molecule has 6 aromatic heterocycles. The molecule has 6 heterocycles. The maximum absolute atomic E-state index is 12.8. The molecule has 0 saturated heterocycles. The van der Waals surface area contributed by atoms with Crippen molar-refractivity contribution in [3.05, 3.63) is 230 Å². The van der Waals surface area contributed by atoms with Crippen molar-refractivity contribution in [1.82, 2.24) is 44.9 Å². The van der Waals surface area contributed by atoms with Crippen molar-refractivity contribution in [2.75, 3.05) is 16.0 Å². The van der Waals surface area contributed by atoms with Crippen molar-refractivity contribution in [3.8, 4) is 34.2 Å². The number of benzene rings is 6. The van der Waals surface area contributed by atoms with Crippen LogP contribution in [0, 0.1) is 20.8 Å². The highest BCUT2D eigenvalue weighted by Gasteiger charge is 2.35. The first-order valence-electron chi connectivity index (χ1n) is 26.5. The molecule has 0 fully saturated rings. The van der Waals surface area contributed by atoms with Crippen LogP contribution in [0.3, 0.4) is 0 Å². The van der Waals surface area contributed by atoms with Crippen molar-refractivity contribution >= 4 is 90.9 Å². The second-order valence-electron chi connectivity index (χ2n) is 19.8. The molecule has 13 nitrogen and oxygen atoms in total. The SMILES string of the molecule is Cc1nc(C(F)(F)F)ccc1C(=O)Nc1ccc(Cl)c(-c2nc3ccccc3[nH]2)c1.Cc1nc(C(F)(F)F)ccc1CNc1ccc(Cl)c(-c2nc3ccccc3[nH]2)c1.Cc1nc(C(F)(F)F)ccc1CNc1ccc(Cl)c(-c2nc3ccccc3[nH]2)c1. The van der Waals surface area contributed by atoms with E-state index in [0.29, 0.717) is 79.4 Å². The number of anilines is 3. The predicted molar refractivity (Wildman–Crippen MR) is 324 cm³/mol. The van der Waals surface area contributed by atoms with Gasteiger partial charge in [-0.05, 0) is 147 Å². The first kappa shape index (κ1) is 61.6. The number of rotatable bonds is 11. The lowest BCUT2D eigenvalue weighted by atomic mass is 10.1. The zero-order valence-electron chi connectivity index (χ0n) is 46.1. The molecule has 12 aromatic rings. The Bertz CT molecular complexity index is 4260. The van der Waals surface area contributed by atoms with E-state index in [2.05, 4.69) is 60.8 Å². The maximum atomic E-state index is 12.8. The Morgan fingerprint density at radius 1 is 0.409 bits per heavy atom. The molecule has 448 valence electrons. The van der Waals surface area contributed by atoms with Gasteiger partial charge >= 0.3 is 18.5 Å². The van der Waals surface area contributed by atoms with Gasteiger partial charge in [0.2, 0.25) is 0 Å². The van der Waals surface area contributed by atoms with E-state index in [9.17, 15) is 44.3 Å². The molecular formula is C63H46Cl3F9N12O. The van der Waals surface area contributed by atoms with Gasteiger partial charge in [-0.25, -0.2) is 29.9 Å². The predicted octanol–water partition coefficient (Wildman–Crippen LogP) is 18.3. The minimum absolute atomic E-state index is 0.0196. The number of nitrogens with zero attached hydrogens (tertiary/aromatic N) is 6. The number of hydrogen-bond acceptors (Lipinski definition) is 9. The van der Waals surface area contributed by atoms with Crippen LogP contribution in [0.25, 0.3) is 67.3 Å². The van der Waals surface area contributed by atoms with Crippen LogP contribution >= 0.6 is 34.8 Å². The number of fused-ring (bicyclic) bond motifs is 3. The number of imidazole rings is 3. The van der Waals surface area contributed by atoms with E-state index in [0.717, 1.165) is 79.9 Å². The Morgan fingerprint density at radius 3 is 1.08 bits per heavy atom. The van der Waals surface area contributed by atoms with Gasteiger partial charge in [0, 0.05) is 58.2 Å². The molecule has 0 radical (unpaired) electrons. The lowest BCUT2D eigenvalue weighted by Gasteiger charge is -2.12. The lowest BCUT2D eigenvalue weighted by Crippen LogP contribution is -2.16. The summed E-state index contributed by atoms with van der Waals surface area (Å²) >= 11 is 19.0. The minimum atomic E-state index is -4.57. The second-order valence-corrected chi connectivity index (χ2v) is 21.0. The number of nitrogens with one attached hydrogen (secondary N) is 6. The summed E-state index contributed by atoms with van der Waals surface area (Å²) in [5, 5.41) is 10.6. The van der Waals surface area contributed by atoms with Gasteiger partial charge in [-0.3, -0.25) is 4.79 Å². The molecule has 6 aromatic carbocycles. The van der Waals surface area contributed by atoms with Gasteiger partial charge < -0.3 is 30.9 Å². The molecule has 0 aliphatic heterocycles. The Balaban J connectivity index is 0.000000146. The fourth-order valence-electron chi connectivity index (χ4n) is 9.08. The van der Waals surface area contributed by atoms with Crippen LogP contribution in [0.15, 0.2) is 164 Å². The van der Waals surface area contributed by atoms with Gasteiger partial charge in [-0.15, -0.1) is 0 Å². The van der Waals surface area contributed by atoms with Crippen LogP contribution in [0.5, 0.6) is 0 Å². The van der Waals surface area contributed by atoms with Crippen molar-refractivity contribution in [2.45, 2.75) is 52.4 Å². The summed E-state index contributed by atoms with van der Waals surface area (Å²) in [4.78, 5) is 46.7. The Labute approximate surface area is 509 Å². The fraction of sp³-hybridized carbons (Fsp3) is 0.127. The van der Waals surface area contributed by atoms with E-state index in [1.54, 1.807) is 56.3 Å². The molecule has 0 saturated carbocycles. The zero-order chi connectivity index (χ0) is 62.7. The van der Waals surface area contributed by atoms with Gasteiger partial charge in [0.1, 0.15) is 34.6 Å². The van der Waals surface area contributed by atoms with Gasteiger partial charge in [0.25, 0.3) is 5.91 Å². The normalized spacial score (nSPS) is 11.7. The van der Waals surface area contributed by atoms with Crippen LogP contribution < -0.4 is 16.0 Å². The minimum Gasteiger partial charge on any atom is -0.381 e. The number of H-pyrrole nitrogens is 3. The summed E-state index contributed by atoms with van der Waals surface area (Å²) in [7, 11) is 0. The van der Waals surface area contributed by atoms with Crippen LogP contribution in [0.1, 0.15) is 55.6 Å². The molecule has 0 unspecified atom stereocenters. The highest BCUT2D eigenvalue weighted by molar-refractivity contribution is 6.34. The summed E-state index contributed by atoms with van der Waals surface area (Å²) in [6.07, 6.45) is -13.5. The lowest BCUT2D eigenvalue weighted by molar-refractivity contribution is -0.142. The molecule has 0 spiro atoms. The molecule has 0 aliphatic carbocycles. The number of amides is 1. The summed E-state index contributed by atoms with van der Waals surface area (Å²) < 4.78 is 115. The quantitative estimate of drug-likeness (QED) is 0.0688. The van der Waals surface area contributed by atoms with E-state index >= 15 is 0 Å². The van der Waals surface area contributed by atoms with E-state index in [4.69, 9.17) is 34.8 Å². The fourth-order valence-corrected chi connectivity index (χ4v) is 9.70. The number of aryl methyl sites for hydroxylation is 3. The molecule has 6 N–H and O–H groups in total. The van der Waals surface area contributed by atoms with Crippen LogP contribution in [0.4, 0.5) is 56.6 Å². The smallest absolute Gasteiger partial charge is 0.381 e. The maximum Gasteiger partial charge on any atom is 0.433 e. The van der Waals surface area contributed by atoms with Crippen molar-refractivity contribution < 1.29 is 44.3 Å². The topological polar surface area (TPSA) is 178 Å². The Kier molecular flexibility index (Phi) is 17.8. The van der Waals surface area contributed by atoms with Crippen LogP contribution in [0.2, 0.25) is 15.1 Å². The van der Waals surface area contributed by atoms with Crippen LogP contribution in [-0.2, 0) is 31.6 Å². The summed E-state index contributed by atoms with van der Waals surface area (Å²) in [5.41, 5.74) is 8.30. The number of aromatic amines is 3. The summed E-state index contributed by atoms with van der Waals surface area (Å²) in [5.74, 6) is 1.25. The highest BCUT2D eigenvalue weighted by atomic mass is 35.5. The van der Waals surface area contributed by atoms with Gasteiger partial charge in [0.15, 0.2) is 0 Å². The summed E-state index contributed by atoms with van der Waals surface area (Å²) in [6.45, 7) is 5.14. The molecule has 12 rings (SSSR count). The monoisotopic (exact) mass is 1260 g/mol. The summed E-state index contributed by atoms with van der Waals surface area (Å²) in [6, 6.07) is 45.3. The standard InChI is InChI=1S/C21H14ClF3N4O.2C21H16ClF3N4/c1-11-13(7-9-18(26-11)21(23,24)25)20(30)27-12-6-8-15(22)14(10-12)19-28-16-4-2-3-5-17(16)29-19;2*1-12-13(6-9-19(27-12)21(23,24)25)11-26-14-7-8-16(22)15(10-14)20-28-17-4-2-3-5-18(17)29-20/h2-10H,1H3,(H,27,30)(H,28,29);2*2-10,26H,11H2,1H3,(H,28,29). The third-order valence-corrected chi connectivity index (χ3v) is 14.6. The molecule has 0 bridgehead atoms.